The third kappa shape index (κ3) is 2.23. The molecule has 0 N–H and O–H groups in total. The second kappa shape index (κ2) is 5.86. The summed E-state index contributed by atoms with van der Waals surface area (Å²) in [6, 6.07) is 0. The molecule has 8 atom stereocenters. The van der Waals surface area contributed by atoms with Gasteiger partial charge in [-0.15, -0.1) is 6.58 Å². The van der Waals surface area contributed by atoms with E-state index in [9.17, 15) is 9.59 Å². The zero-order valence-corrected chi connectivity index (χ0v) is 15.5. The summed E-state index contributed by atoms with van der Waals surface area (Å²) >= 11 is 0. The highest BCUT2D eigenvalue weighted by atomic mass is 16.5. The molecule has 0 aliphatic heterocycles. The summed E-state index contributed by atoms with van der Waals surface area (Å²) in [6.07, 6.45) is 6.11. The van der Waals surface area contributed by atoms with Gasteiger partial charge in [0.2, 0.25) is 0 Å². The number of esters is 1. The van der Waals surface area contributed by atoms with E-state index in [-0.39, 0.29) is 40.8 Å². The molecule has 0 aromatic rings. The molecule has 3 aliphatic carbocycles. The van der Waals surface area contributed by atoms with E-state index in [4.69, 9.17) is 4.74 Å². The molecule has 0 amide bonds. The predicted octanol–water partition coefficient (Wildman–Crippen LogP) is 4.04. The Balaban J connectivity index is 2.14. The molecule has 0 bridgehead atoms. The minimum absolute atomic E-state index is 0.0438. The van der Waals surface area contributed by atoms with Crippen molar-refractivity contribution in [2.75, 3.05) is 7.11 Å². The quantitative estimate of drug-likeness (QED) is 0.567. The first kappa shape index (κ1) is 17.4. The lowest BCUT2D eigenvalue weighted by molar-refractivity contribution is -0.152. The lowest BCUT2D eigenvalue weighted by atomic mass is 9.56. The second-order valence-electron chi connectivity index (χ2n) is 8.68. The minimum atomic E-state index is -0.418. The highest BCUT2D eigenvalue weighted by molar-refractivity contribution is 5.93. The number of ketones is 1. The number of hydrogen-bond donors (Lipinski definition) is 0. The SMILES string of the molecule is C=C[C@H]1C=C(C)[C@@H]2[C@H](C(=O)[C@@H]3[C@@H](C)C[C@@H](C)C[C@@]23C)[C@H]1C(=O)OC. The van der Waals surface area contributed by atoms with Gasteiger partial charge >= 0.3 is 5.97 Å². The number of allylic oxidation sites excluding steroid dienone is 3. The average molecular weight is 330 g/mol. The van der Waals surface area contributed by atoms with E-state index in [2.05, 4.69) is 40.3 Å². The van der Waals surface area contributed by atoms with Crippen LogP contribution in [0.1, 0.15) is 40.5 Å². The molecule has 2 fully saturated rings. The molecule has 0 aromatic carbocycles. The molecule has 2 saturated carbocycles. The maximum absolute atomic E-state index is 13.5. The Bertz CT molecular complexity index is 604. The van der Waals surface area contributed by atoms with Crippen LogP contribution in [-0.2, 0) is 14.3 Å². The van der Waals surface area contributed by atoms with Crippen LogP contribution in [0.3, 0.4) is 0 Å². The van der Waals surface area contributed by atoms with Gasteiger partial charge in [0, 0.05) is 17.8 Å². The summed E-state index contributed by atoms with van der Waals surface area (Å²) in [5.41, 5.74) is 1.21. The molecule has 0 radical (unpaired) electrons. The number of hydrogen-bond acceptors (Lipinski definition) is 3. The number of ether oxygens (including phenoxy) is 1. The van der Waals surface area contributed by atoms with Crippen LogP contribution in [0.25, 0.3) is 0 Å². The van der Waals surface area contributed by atoms with Crippen LogP contribution >= 0.6 is 0 Å². The fourth-order valence-electron chi connectivity index (χ4n) is 6.68. The fraction of sp³-hybridized carbons (Fsp3) is 0.714. The molecular weight excluding hydrogens is 300 g/mol. The third-order valence-corrected chi connectivity index (χ3v) is 7.04. The van der Waals surface area contributed by atoms with Gasteiger partial charge in [-0.3, -0.25) is 9.59 Å². The summed E-state index contributed by atoms with van der Waals surface area (Å²) < 4.78 is 5.08. The zero-order chi connectivity index (χ0) is 17.8. The molecule has 3 nitrogen and oxygen atoms in total. The smallest absolute Gasteiger partial charge is 0.310 e. The standard InChI is InChI=1S/C21H30O3/c1-7-14-9-13(4)17-16(15(14)20(23)24-6)19(22)18-12(3)8-11(2)10-21(17,18)5/h7,9,11-12,14-18H,1,8,10H2,2-6H3/t11-,12+,14+,15+,16-,17-,18+,21+/m1/s1. The molecule has 0 saturated heterocycles. The Morgan fingerprint density at radius 1 is 1.38 bits per heavy atom. The normalized spacial score (nSPS) is 47.5. The zero-order valence-electron chi connectivity index (χ0n) is 15.5. The Kier molecular flexibility index (Phi) is 4.26. The lowest BCUT2D eigenvalue weighted by Crippen LogP contribution is -2.43. The van der Waals surface area contributed by atoms with Crippen molar-refractivity contribution in [2.45, 2.75) is 40.5 Å². The summed E-state index contributed by atoms with van der Waals surface area (Å²) in [5.74, 6) is 0.445. The van der Waals surface area contributed by atoms with Crippen LogP contribution in [0.5, 0.6) is 0 Å². The largest absolute Gasteiger partial charge is 0.469 e. The monoisotopic (exact) mass is 330 g/mol. The molecule has 0 heterocycles. The van der Waals surface area contributed by atoms with Crippen LogP contribution in [0.4, 0.5) is 0 Å². The molecule has 3 aliphatic rings. The highest BCUT2D eigenvalue weighted by Crippen LogP contribution is 2.64. The van der Waals surface area contributed by atoms with Crippen LogP contribution in [0, 0.1) is 46.8 Å². The van der Waals surface area contributed by atoms with Gasteiger partial charge in [0.05, 0.1) is 13.0 Å². The molecule has 132 valence electrons. The van der Waals surface area contributed by atoms with Gasteiger partial charge < -0.3 is 4.74 Å². The van der Waals surface area contributed by atoms with E-state index in [0.29, 0.717) is 11.8 Å². The van der Waals surface area contributed by atoms with Gasteiger partial charge in [-0.2, -0.15) is 0 Å². The van der Waals surface area contributed by atoms with Crippen molar-refractivity contribution in [1.29, 1.82) is 0 Å². The number of carbonyl (C=O) groups is 2. The van der Waals surface area contributed by atoms with Crippen molar-refractivity contribution in [3.8, 4) is 0 Å². The van der Waals surface area contributed by atoms with E-state index in [1.165, 1.54) is 12.7 Å². The average Bonchev–Trinajstić information content (AvgIpc) is 2.74. The highest BCUT2D eigenvalue weighted by Gasteiger charge is 2.65. The number of methoxy groups -OCH3 is 1. The second-order valence-corrected chi connectivity index (χ2v) is 8.68. The third-order valence-electron chi connectivity index (χ3n) is 7.04. The van der Waals surface area contributed by atoms with Crippen LogP contribution in [0.15, 0.2) is 24.3 Å². The van der Waals surface area contributed by atoms with Gasteiger partial charge in [0.1, 0.15) is 5.78 Å². The predicted molar refractivity (Wildman–Crippen MR) is 94.1 cm³/mol. The molecule has 3 rings (SSSR count). The summed E-state index contributed by atoms with van der Waals surface area (Å²) in [7, 11) is 1.42. The van der Waals surface area contributed by atoms with Gasteiger partial charge in [-0.05, 0) is 42.9 Å². The van der Waals surface area contributed by atoms with Crippen molar-refractivity contribution in [3.05, 3.63) is 24.3 Å². The van der Waals surface area contributed by atoms with Crippen molar-refractivity contribution < 1.29 is 14.3 Å². The van der Waals surface area contributed by atoms with E-state index < -0.39 is 5.92 Å². The first-order valence-electron chi connectivity index (χ1n) is 9.18. The van der Waals surface area contributed by atoms with Crippen LogP contribution in [-0.4, -0.2) is 18.9 Å². The van der Waals surface area contributed by atoms with Crippen molar-refractivity contribution in [2.24, 2.45) is 46.8 Å². The summed E-state index contributed by atoms with van der Waals surface area (Å²) in [6.45, 7) is 12.8. The van der Waals surface area contributed by atoms with E-state index in [0.717, 1.165) is 12.8 Å². The summed E-state index contributed by atoms with van der Waals surface area (Å²) in [4.78, 5) is 26.0. The summed E-state index contributed by atoms with van der Waals surface area (Å²) in [5, 5.41) is 0. The first-order valence-corrected chi connectivity index (χ1v) is 9.18. The van der Waals surface area contributed by atoms with Crippen molar-refractivity contribution in [1.82, 2.24) is 0 Å². The van der Waals surface area contributed by atoms with E-state index >= 15 is 0 Å². The number of rotatable bonds is 2. The van der Waals surface area contributed by atoms with Gasteiger partial charge in [-0.1, -0.05) is 38.5 Å². The van der Waals surface area contributed by atoms with Gasteiger partial charge in [0.15, 0.2) is 0 Å². The molecular formula is C21H30O3. The maximum atomic E-state index is 13.5. The molecule has 0 aromatic heterocycles. The Hall–Kier alpha value is -1.38. The van der Waals surface area contributed by atoms with Crippen molar-refractivity contribution in [3.63, 3.8) is 0 Å². The lowest BCUT2D eigenvalue weighted by Gasteiger charge is -2.47. The Morgan fingerprint density at radius 2 is 2.04 bits per heavy atom. The van der Waals surface area contributed by atoms with Gasteiger partial charge in [0.25, 0.3) is 0 Å². The maximum Gasteiger partial charge on any atom is 0.310 e. The molecule has 0 unspecified atom stereocenters. The minimum Gasteiger partial charge on any atom is -0.469 e. The van der Waals surface area contributed by atoms with Crippen molar-refractivity contribution >= 4 is 11.8 Å². The number of carbonyl (C=O) groups excluding carboxylic acids is 2. The van der Waals surface area contributed by atoms with E-state index in [1.54, 1.807) is 6.08 Å². The molecule has 3 heteroatoms. The number of Topliss-reactive ketones (excluding diaryl/α,β-unsaturated/α-hetero) is 1. The number of fused-ring (bicyclic) bond motifs is 3. The van der Waals surface area contributed by atoms with Gasteiger partial charge in [-0.25, -0.2) is 0 Å². The fourth-order valence-corrected chi connectivity index (χ4v) is 6.68. The van der Waals surface area contributed by atoms with Crippen LogP contribution in [0.2, 0.25) is 0 Å². The van der Waals surface area contributed by atoms with Crippen LogP contribution < -0.4 is 0 Å². The molecule has 24 heavy (non-hydrogen) atoms. The topological polar surface area (TPSA) is 43.4 Å². The Labute approximate surface area is 145 Å². The molecule has 0 spiro atoms. The Morgan fingerprint density at radius 3 is 2.62 bits per heavy atom. The first-order chi connectivity index (χ1) is 11.3. The van der Waals surface area contributed by atoms with E-state index in [1.807, 2.05) is 0 Å².